The summed E-state index contributed by atoms with van der Waals surface area (Å²) in [5.41, 5.74) is 0.529. The van der Waals surface area contributed by atoms with Crippen molar-refractivity contribution >= 4 is 23.6 Å². The molecular formula is C17H26N4O2S. The maximum Gasteiger partial charge on any atom is 0.251 e. The molecule has 24 heavy (non-hydrogen) atoms. The molecule has 1 fully saturated rings. The number of rotatable bonds is 6. The number of hydrogen-bond acceptors (Lipinski definition) is 4. The van der Waals surface area contributed by atoms with E-state index < -0.39 is 0 Å². The number of nitrogens with zero attached hydrogens (tertiary/aromatic N) is 1. The lowest BCUT2D eigenvalue weighted by atomic mass is 10.2. The third-order valence-corrected chi connectivity index (χ3v) is 4.86. The minimum absolute atomic E-state index is 0.151. The first-order valence-electron chi connectivity index (χ1n) is 8.39. The van der Waals surface area contributed by atoms with E-state index in [9.17, 15) is 9.90 Å². The zero-order chi connectivity index (χ0) is 17.2. The third kappa shape index (κ3) is 6.31. The number of phenols is 1. The first-order chi connectivity index (χ1) is 11.7. The van der Waals surface area contributed by atoms with Crippen LogP contribution in [0.25, 0.3) is 0 Å². The van der Waals surface area contributed by atoms with Gasteiger partial charge in [0.05, 0.1) is 6.54 Å². The predicted octanol–water partition coefficient (Wildman–Crippen LogP) is 1.57. The van der Waals surface area contributed by atoms with Gasteiger partial charge in [-0.25, -0.2) is 0 Å². The zero-order valence-corrected chi connectivity index (χ0v) is 14.9. The molecule has 7 heteroatoms. The lowest BCUT2D eigenvalue weighted by Gasteiger charge is -2.24. The highest BCUT2D eigenvalue weighted by atomic mass is 32.2. The van der Waals surface area contributed by atoms with E-state index in [-0.39, 0.29) is 11.7 Å². The van der Waals surface area contributed by atoms with Gasteiger partial charge in [-0.05, 0) is 49.8 Å². The Labute approximate surface area is 147 Å². The summed E-state index contributed by atoms with van der Waals surface area (Å²) in [6.07, 6.45) is 2.42. The lowest BCUT2D eigenvalue weighted by Crippen LogP contribution is -2.45. The molecule has 1 aliphatic heterocycles. The van der Waals surface area contributed by atoms with Gasteiger partial charge in [0.15, 0.2) is 5.96 Å². The second kappa shape index (κ2) is 10.1. The van der Waals surface area contributed by atoms with Crippen molar-refractivity contribution in [2.45, 2.75) is 25.8 Å². The molecule has 0 spiro atoms. The molecule has 1 aromatic rings. The summed E-state index contributed by atoms with van der Waals surface area (Å²) < 4.78 is 0. The Morgan fingerprint density at radius 1 is 1.33 bits per heavy atom. The minimum atomic E-state index is -0.160. The summed E-state index contributed by atoms with van der Waals surface area (Å²) in [5, 5.41) is 18.8. The van der Waals surface area contributed by atoms with Crippen molar-refractivity contribution in [3.8, 4) is 5.75 Å². The molecule has 1 amide bonds. The molecule has 1 heterocycles. The fourth-order valence-electron chi connectivity index (χ4n) is 2.42. The van der Waals surface area contributed by atoms with Crippen LogP contribution in [0.15, 0.2) is 29.3 Å². The molecule has 0 bridgehead atoms. The van der Waals surface area contributed by atoms with E-state index in [4.69, 9.17) is 0 Å². The van der Waals surface area contributed by atoms with E-state index >= 15 is 0 Å². The fourth-order valence-corrected chi connectivity index (χ4v) is 3.49. The number of aromatic hydroxyl groups is 1. The van der Waals surface area contributed by atoms with Crippen LogP contribution in [0.4, 0.5) is 0 Å². The molecule has 1 saturated heterocycles. The first kappa shape index (κ1) is 18.4. The van der Waals surface area contributed by atoms with E-state index in [1.807, 2.05) is 18.7 Å². The van der Waals surface area contributed by atoms with Gasteiger partial charge in [-0.3, -0.25) is 9.79 Å². The van der Waals surface area contributed by atoms with Crippen LogP contribution in [0.3, 0.4) is 0 Å². The first-order valence-corrected chi connectivity index (χ1v) is 9.54. The number of carbonyl (C=O) groups is 1. The fraction of sp³-hybridized carbons (Fsp3) is 0.529. The van der Waals surface area contributed by atoms with E-state index in [2.05, 4.69) is 20.9 Å². The minimum Gasteiger partial charge on any atom is -0.508 e. The molecule has 132 valence electrons. The second-order valence-corrected chi connectivity index (χ2v) is 6.77. The van der Waals surface area contributed by atoms with Gasteiger partial charge in [0, 0.05) is 30.4 Å². The Balaban J connectivity index is 1.76. The number of thioether (sulfide) groups is 1. The molecule has 1 aliphatic rings. The van der Waals surface area contributed by atoms with Gasteiger partial charge < -0.3 is 21.1 Å². The van der Waals surface area contributed by atoms with E-state index in [0.29, 0.717) is 24.7 Å². The molecule has 0 radical (unpaired) electrons. The van der Waals surface area contributed by atoms with Crippen molar-refractivity contribution < 1.29 is 9.90 Å². The average molecular weight is 350 g/mol. The van der Waals surface area contributed by atoms with Crippen molar-refractivity contribution in [3.63, 3.8) is 0 Å². The van der Waals surface area contributed by atoms with Crippen LogP contribution in [-0.4, -0.2) is 54.2 Å². The Kier molecular flexibility index (Phi) is 7.74. The van der Waals surface area contributed by atoms with Crippen LogP contribution >= 0.6 is 11.8 Å². The van der Waals surface area contributed by atoms with Crippen LogP contribution < -0.4 is 16.0 Å². The summed E-state index contributed by atoms with van der Waals surface area (Å²) >= 11 is 1.97. The Morgan fingerprint density at radius 3 is 2.79 bits per heavy atom. The van der Waals surface area contributed by atoms with E-state index in [0.717, 1.165) is 18.3 Å². The number of guanidine groups is 1. The number of phenolic OH excluding ortho intramolecular Hbond substituents is 1. The van der Waals surface area contributed by atoms with Crippen molar-refractivity contribution in [2.75, 3.05) is 31.1 Å². The van der Waals surface area contributed by atoms with Gasteiger partial charge in [-0.2, -0.15) is 11.8 Å². The smallest absolute Gasteiger partial charge is 0.251 e. The Morgan fingerprint density at radius 2 is 2.12 bits per heavy atom. The highest BCUT2D eigenvalue weighted by molar-refractivity contribution is 7.99. The van der Waals surface area contributed by atoms with E-state index in [1.165, 1.54) is 30.7 Å². The molecule has 1 aromatic carbocycles. The average Bonchev–Trinajstić information content (AvgIpc) is 2.60. The molecule has 6 nitrogen and oxygen atoms in total. The molecule has 4 N–H and O–H groups in total. The number of aliphatic imine (C=N–C) groups is 1. The highest BCUT2D eigenvalue weighted by Gasteiger charge is 2.14. The monoisotopic (exact) mass is 350 g/mol. The maximum absolute atomic E-state index is 12.0. The summed E-state index contributed by atoms with van der Waals surface area (Å²) in [6.45, 7) is 3.83. The number of nitrogens with one attached hydrogen (secondary N) is 3. The number of carbonyl (C=O) groups excluding carboxylic acids is 1. The molecule has 1 unspecified atom stereocenters. The summed E-state index contributed by atoms with van der Waals surface area (Å²) in [7, 11) is 0. The van der Waals surface area contributed by atoms with Gasteiger partial charge in [-0.1, -0.05) is 0 Å². The molecule has 0 aromatic heterocycles. The standard InChI is InChI=1S/C17H26N4O2S/c1-2-18-17(21-14-4-3-11-24-12-14)20-10-9-19-16(23)13-5-7-15(22)8-6-13/h5-8,14,22H,2-4,9-12H2,1H3,(H,19,23)(H2,18,20,21). The van der Waals surface area contributed by atoms with Crippen molar-refractivity contribution in [2.24, 2.45) is 4.99 Å². The van der Waals surface area contributed by atoms with Gasteiger partial charge in [0.2, 0.25) is 0 Å². The molecule has 1 atom stereocenters. The number of hydrogen-bond donors (Lipinski definition) is 4. The molecule has 2 rings (SSSR count). The maximum atomic E-state index is 12.0. The van der Waals surface area contributed by atoms with Crippen LogP contribution in [0, 0.1) is 0 Å². The topological polar surface area (TPSA) is 85.8 Å². The SMILES string of the molecule is CCNC(=NCCNC(=O)c1ccc(O)cc1)NC1CCCSC1. The van der Waals surface area contributed by atoms with Crippen molar-refractivity contribution in [1.82, 2.24) is 16.0 Å². The van der Waals surface area contributed by atoms with Crippen LogP contribution in [0.1, 0.15) is 30.1 Å². The van der Waals surface area contributed by atoms with Crippen LogP contribution in [0.2, 0.25) is 0 Å². The summed E-state index contributed by atoms with van der Waals surface area (Å²) in [5.74, 6) is 3.16. The quantitative estimate of drug-likeness (QED) is 0.355. The zero-order valence-electron chi connectivity index (χ0n) is 14.0. The second-order valence-electron chi connectivity index (χ2n) is 5.62. The largest absolute Gasteiger partial charge is 0.508 e. The summed E-state index contributed by atoms with van der Waals surface area (Å²) in [6, 6.07) is 6.67. The Hall–Kier alpha value is -1.89. The predicted molar refractivity (Wildman–Crippen MR) is 99.9 cm³/mol. The van der Waals surface area contributed by atoms with Gasteiger partial charge in [-0.15, -0.1) is 0 Å². The highest BCUT2D eigenvalue weighted by Crippen LogP contribution is 2.16. The van der Waals surface area contributed by atoms with Gasteiger partial charge >= 0.3 is 0 Å². The van der Waals surface area contributed by atoms with Crippen LogP contribution in [-0.2, 0) is 0 Å². The van der Waals surface area contributed by atoms with Crippen molar-refractivity contribution in [1.29, 1.82) is 0 Å². The van der Waals surface area contributed by atoms with E-state index in [1.54, 1.807) is 12.1 Å². The number of amides is 1. The van der Waals surface area contributed by atoms with Crippen molar-refractivity contribution in [3.05, 3.63) is 29.8 Å². The number of benzene rings is 1. The molecular weight excluding hydrogens is 324 g/mol. The normalized spacial score (nSPS) is 18.0. The van der Waals surface area contributed by atoms with Gasteiger partial charge in [0.1, 0.15) is 5.75 Å². The molecule has 0 saturated carbocycles. The summed E-state index contributed by atoms with van der Waals surface area (Å²) in [4.78, 5) is 16.5. The molecule has 0 aliphatic carbocycles. The van der Waals surface area contributed by atoms with Crippen LogP contribution in [0.5, 0.6) is 5.75 Å². The Bertz CT molecular complexity index is 542. The third-order valence-electron chi connectivity index (χ3n) is 3.64. The van der Waals surface area contributed by atoms with Gasteiger partial charge in [0.25, 0.3) is 5.91 Å². The lowest BCUT2D eigenvalue weighted by molar-refractivity contribution is 0.0955.